The molecule has 3 aromatic carbocycles. The van der Waals surface area contributed by atoms with Gasteiger partial charge in [-0.3, -0.25) is 4.79 Å². The van der Waals surface area contributed by atoms with Gasteiger partial charge >= 0.3 is 0 Å². The first-order valence-corrected chi connectivity index (χ1v) is 7.12. The van der Waals surface area contributed by atoms with Crippen molar-refractivity contribution in [3.05, 3.63) is 70.9 Å². The summed E-state index contributed by atoms with van der Waals surface area (Å²) in [7, 11) is 0. The average Bonchev–Trinajstić information content (AvgIpc) is 2.55. The molecule has 4 rings (SSSR count). The molecule has 0 aliphatic rings. The van der Waals surface area contributed by atoms with Gasteiger partial charge in [-0.25, -0.2) is 0 Å². The Balaban J connectivity index is 2.11. The zero-order chi connectivity index (χ0) is 16.0. The second-order valence-electron chi connectivity index (χ2n) is 5.31. The molecular formula is C19H12O4. The van der Waals surface area contributed by atoms with Crippen molar-refractivity contribution in [3.8, 4) is 22.6 Å². The summed E-state index contributed by atoms with van der Waals surface area (Å²) in [5.74, 6) is -0.0744. The van der Waals surface area contributed by atoms with Gasteiger partial charge in [-0.15, -0.1) is 0 Å². The highest BCUT2D eigenvalue weighted by Crippen LogP contribution is 2.35. The third-order valence-electron chi connectivity index (χ3n) is 3.88. The Labute approximate surface area is 130 Å². The van der Waals surface area contributed by atoms with Crippen molar-refractivity contribution in [1.82, 2.24) is 0 Å². The topological polar surface area (TPSA) is 70.7 Å². The van der Waals surface area contributed by atoms with E-state index in [0.29, 0.717) is 22.1 Å². The Kier molecular flexibility index (Phi) is 2.84. The van der Waals surface area contributed by atoms with Gasteiger partial charge in [0.1, 0.15) is 28.1 Å². The van der Waals surface area contributed by atoms with Crippen LogP contribution in [-0.2, 0) is 0 Å². The van der Waals surface area contributed by atoms with Crippen LogP contribution in [0.5, 0.6) is 11.5 Å². The molecule has 1 heterocycles. The van der Waals surface area contributed by atoms with Crippen molar-refractivity contribution in [2.45, 2.75) is 0 Å². The predicted molar refractivity (Wildman–Crippen MR) is 88.8 cm³/mol. The molecule has 112 valence electrons. The van der Waals surface area contributed by atoms with E-state index in [1.165, 1.54) is 6.07 Å². The van der Waals surface area contributed by atoms with Gasteiger partial charge in [-0.1, -0.05) is 30.3 Å². The predicted octanol–water partition coefficient (Wildman–Crippen LogP) is 4.02. The van der Waals surface area contributed by atoms with Crippen LogP contribution in [-0.4, -0.2) is 10.2 Å². The maximum absolute atomic E-state index is 12.6. The van der Waals surface area contributed by atoms with E-state index in [9.17, 15) is 15.0 Å². The minimum absolute atomic E-state index is 0.0920. The Morgan fingerprint density at radius 1 is 0.783 bits per heavy atom. The first-order valence-electron chi connectivity index (χ1n) is 7.12. The number of hydrogen-bond acceptors (Lipinski definition) is 4. The van der Waals surface area contributed by atoms with E-state index in [1.54, 1.807) is 54.6 Å². The van der Waals surface area contributed by atoms with Crippen LogP contribution in [0.1, 0.15) is 0 Å². The van der Waals surface area contributed by atoms with Crippen LogP contribution in [0.25, 0.3) is 33.1 Å². The molecule has 1 aromatic heterocycles. The van der Waals surface area contributed by atoms with Gasteiger partial charge in [-0.2, -0.15) is 0 Å². The second-order valence-corrected chi connectivity index (χ2v) is 5.31. The van der Waals surface area contributed by atoms with E-state index in [1.807, 2.05) is 0 Å². The maximum Gasteiger partial charge on any atom is 0.204 e. The molecule has 0 saturated carbocycles. The summed E-state index contributed by atoms with van der Waals surface area (Å²) in [5, 5.41) is 20.8. The summed E-state index contributed by atoms with van der Waals surface area (Å²) < 4.78 is 5.77. The molecule has 0 bridgehead atoms. The Hall–Kier alpha value is -3.27. The minimum Gasteiger partial charge on any atom is -0.507 e. The highest BCUT2D eigenvalue weighted by molar-refractivity contribution is 5.95. The van der Waals surface area contributed by atoms with Crippen LogP contribution >= 0.6 is 0 Å². The van der Waals surface area contributed by atoms with Crippen LogP contribution in [0.4, 0.5) is 0 Å². The molecule has 0 spiro atoms. The third kappa shape index (κ3) is 2.04. The zero-order valence-corrected chi connectivity index (χ0v) is 12.0. The van der Waals surface area contributed by atoms with Crippen LogP contribution in [0, 0.1) is 0 Å². The summed E-state index contributed by atoms with van der Waals surface area (Å²) in [4.78, 5) is 12.6. The van der Waals surface area contributed by atoms with E-state index < -0.39 is 0 Å². The Morgan fingerprint density at radius 3 is 2.35 bits per heavy atom. The molecule has 4 heteroatoms. The molecule has 0 unspecified atom stereocenters. The van der Waals surface area contributed by atoms with E-state index in [2.05, 4.69) is 0 Å². The lowest BCUT2D eigenvalue weighted by Gasteiger charge is -2.08. The van der Waals surface area contributed by atoms with Gasteiger partial charge in [0.15, 0.2) is 0 Å². The van der Waals surface area contributed by atoms with Crippen LogP contribution in [0.3, 0.4) is 0 Å². The fourth-order valence-corrected chi connectivity index (χ4v) is 2.78. The van der Waals surface area contributed by atoms with Crippen LogP contribution in [0.15, 0.2) is 69.9 Å². The van der Waals surface area contributed by atoms with Gasteiger partial charge in [0.2, 0.25) is 5.43 Å². The molecule has 0 radical (unpaired) electrons. The lowest BCUT2D eigenvalue weighted by molar-refractivity contribution is 0.476. The van der Waals surface area contributed by atoms with Gasteiger partial charge in [0.05, 0.1) is 5.39 Å². The molecule has 0 aliphatic carbocycles. The number of aromatic hydroxyl groups is 2. The standard InChI is InChI=1S/C19H12O4/c20-14-7-3-1-5-12(14)11-9-15(21)18-17(10-11)23-16-8-4-2-6-13(16)19(18)22/h1-10,20-21H. The molecule has 0 saturated heterocycles. The highest BCUT2D eigenvalue weighted by atomic mass is 16.3. The van der Waals surface area contributed by atoms with Crippen molar-refractivity contribution in [2.24, 2.45) is 0 Å². The number of benzene rings is 3. The lowest BCUT2D eigenvalue weighted by Crippen LogP contribution is -2.02. The molecule has 2 N–H and O–H groups in total. The number of fused-ring (bicyclic) bond motifs is 2. The molecule has 0 aliphatic heterocycles. The molecule has 4 nitrogen and oxygen atoms in total. The summed E-state index contributed by atoms with van der Waals surface area (Å²) in [6.07, 6.45) is 0. The van der Waals surface area contributed by atoms with Gasteiger partial charge in [0, 0.05) is 5.56 Å². The quantitative estimate of drug-likeness (QED) is 0.521. The third-order valence-corrected chi connectivity index (χ3v) is 3.88. The summed E-state index contributed by atoms with van der Waals surface area (Å²) in [5.41, 5.74) is 1.60. The smallest absolute Gasteiger partial charge is 0.204 e. The molecule has 0 fully saturated rings. The second kappa shape index (κ2) is 4.88. The van der Waals surface area contributed by atoms with Crippen LogP contribution in [0.2, 0.25) is 0 Å². The van der Waals surface area contributed by atoms with Gasteiger partial charge in [-0.05, 0) is 35.9 Å². The zero-order valence-electron chi connectivity index (χ0n) is 12.0. The Morgan fingerprint density at radius 2 is 1.52 bits per heavy atom. The van der Waals surface area contributed by atoms with Crippen molar-refractivity contribution < 1.29 is 14.6 Å². The lowest BCUT2D eigenvalue weighted by atomic mass is 10.0. The SMILES string of the molecule is O=c1c2ccccc2oc2cc(-c3ccccc3O)cc(O)c12. The number of phenolic OH excluding ortho intramolecular Hbond substituents is 2. The fourth-order valence-electron chi connectivity index (χ4n) is 2.78. The first-order chi connectivity index (χ1) is 11.1. The Bertz CT molecular complexity index is 1110. The fraction of sp³-hybridized carbons (Fsp3) is 0. The van der Waals surface area contributed by atoms with Crippen molar-refractivity contribution in [1.29, 1.82) is 0 Å². The molecular weight excluding hydrogens is 292 g/mol. The van der Waals surface area contributed by atoms with E-state index >= 15 is 0 Å². The molecule has 0 amide bonds. The van der Waals surface area contributed by atoms with Crippen molar-refractivity contribution in [3.63, 3.8) is 0 Å². The van der Waals surface area contributed by atoms with Crippen LogP contribution < -0.4 is 5.43 Å². The number of hydrogen-bond donors (Lipinski definition) is 2. The van der Waals surface area contributed by atoms with Crippen molar-refractivity contribution >= 4 is 21.9 Å². The average molecular weight is 304 g/mol. The summed E-state index contributed by atoms with van der Waals surface area (Å²) in [6, 6.07) is 16.8. The summed E-state index contributed by atoms with van der Waals surface area (Å²) >= 11 is 0. The van der Waals surface area contributed by atoms with E-state index in [-0.39, 0.29) is 27.9 Å². The maximum atomic E-state index is 12.6. The number of rotatable bonds is 1. The normalized spacial score (nSPS) is 11.1. The van der Waals surface area contributed by atoms with Crippen molar-refractivity contribution in [2.75, 3.05) is 0 Å². The van der Waals surface area contributed by atoms with E-state index in [4.69, 9.17) is 4.42 Å². The largest absolute Gasteiger partial charge is 0.507 e. The number of phenols is 2. The first kappa shape index (κ1) is 13.4. The summed E-state index contributed by atoms with van der Waals surface area (Å²) in [6.45, 7) is 0. The van der Waals surface area contributed by atoms with Gasteiger partial charge in [0.25, 0.3) is 0 Å². The monoisotopic (exact) mass is 304 g/mol. The molecule has 0 atom stereocenters. The van der Waals surface area contributed by atoms with E-state index in [0.717, 1.165) is 0 Å². The molecule has 23 heavy (non-hydrogen) atoms. The highest BCUT2D eigenvalue weighted by Gasteiger charge is 2.14. The minimum atomic E-state index is -0.275. The molecule has 4 aromatic rings. The number of para-hydroxylation sites is 2. The van der Waals surface area contributed by atoms with Gasteiger partial charge < -0.3 is 14.6 Å².